The molecule has 4 aromatic rings. The van der Waals surface area contributed by atoms with Crippen LogP contribution in [0.2, 0.25) is 0 Å². The lowest BCUT2D eigenvalue weighted by atomic mass is 9.98. The Morgan fingerprint density at radius 1 is 0.975 bits per heavy atom. The summed E-state index contributed by atoms with van der Waals surface area (Å²) in [4.78, 5) is 41.6. The van der Waals surface area contributed by atoms with Gasteiger partial charge in [0.2, 0.25) is 11.8 Å². The molecule has 0 bridgehead atoms. The SMILES string of the molecule is CCOc1ccc([C@@H](C(=O)NC(C)(C)CC)N(C(=O)Cn2nnc3ccccc32)c2ccc(C(C)=O)cc2)cc1. The predicted molar refractivity (Wildman–Crippen MR) is 154 cm³/mol. The van der Waals surface area contributed by atoms with Gasteiger partial charge in [-0.3, -0.25) is 19.3 Å². The fraction of sp³-hybridized carbons (Fsp3) is 0.323. The van der Waals surface area contributed by atoms with Crippen molar-refractivity contribution < 1.29 is 19.1 Å². The van der Waals surface area contributed by atoms with Crippen molar-refractivity contribution >= 4 is 34.3 Å². The van der Waals surface area contributed by atoms with E-state index >= 15 is 0 Å². The van der Waals surface area contributed by atoms with Gasteiger partial charge < -0.3 is 10.1 Å². The molecule has 0 aliphatic rings. The fourth-order valence-corrected chi connectivity index (χ4v) is 4.35. The Balaban J connectivity index is 1.83. The van der Waals surface area contributed by atoms with Crippen molar-refractivity contribution in [3.8, 4) is 5.75 Å². The lowest BCUT2D eigenvalue weighted by molar-refractivity contribution is -0.128. The molecule has 0 fully saturated rings. The topological polar surface area (TPSA) is 106 Å². The molecule has 0 aliphatic heterocycles. The molecule has 1 heterocycles. The van der Waals surface area contributed by atoms with Crippen LogP contribution < -0.4 is 15.0 Å². The minimum Gasteiger partial charge on any atom is -0.494 e. The predicted octanol–water partition coefficient (Wildman–Crippen LogP) is 5.11. The van der Waals surface area contributed by atoms with Crippen LogP contribution in [-0.2, 0) is 16.1 Å². The molecule has 0 aliphatic carbocycles. The number of nitrogens with zero attached hydrogens (tertiary/aromatic N) is 4. The number of ether oxygens (including phenoxy) is 1. The second-order valence-electron chi connectivity index (χ2n) is 10.2. The van der Waals surface area contributed by atoms with E-state index in [9.17, 15) is 14.4 Å². The molecular weight excluding hydrogens is 506 g/mol. The number of aromatic nitrogens is 3. The Kier molecular flexibility index (Phi) is 8.62. The normalized spacial score (nSPS) is 12.1. The monoisotopic (exact) mass is 541 g/mol. The number of para-hydroxylation sites is 1. The Morgan fingerprint density at radius 2 is 1.65 bits per heavy atom. The van der Waals surface area contributed by atoms with Gasteiger partial charge in [0.15, 0.2) is 5.78 Å². The van der Waals surface area contributed by atoms with Gasteiger partial charge in [-0.1, -0.05) is 36.4 Å². The minimum absolute atomic E-state index is 0.0935. The van der Waals surface area contributed by atoms with Gasteiger partial charge in [-0.2, -0.15) is 0 Å². The largest absolute Gasteiger partial charge is 0.494 e. The minimum atomic E-state index is -1.01. The van der Waals surface area contributed by atoms with E-state index in [-0.39, 0.29) is 24.1 Å². The number of benzene rings is 3. The third kappa shape index (κ3) is 6.36. The summed E-state index contributed by atoms with van der Waals surface area (Å²) in [5.74, 6) is -0.126. The van der Waals surface area contributed by atoms with Gasteiger partial charge in [-0.05, 0) is 88.2 Å². The standard InChI is InChI=1S/C31H35N5O4/c1-6-31(4,5)32-30(39)29(23-14-18-25(19-15-23)40-7-2)36(24-16-12-22(13-17-24)21(3)37)28(38)20-35-27-11-9-8-10-26(27)33-34-35/h8-19,29H,6-7,20H2,1-5H3,(H,32,39)/t29-/m0/s1. The molecule has 2 amide bonds. The summed E-state index contributed by atoms with van der Waals surface area (Å²) in [6.07, 6.45) is 0.695. The number of hydrogen-bond donors (Lipinski definition) is 1. The van der Waals surface area contributed by atoms with Crippen molar-refractivity contribution in [1.29, 1.82) is 0 Å². The van der Waals surface area contributed by atoms with Crippen molar-refractivity contribution in [1.82, 2.24) is 20.3 Å². The summed E-state index contributed by atoms with van der Waals surface area (Å²) < 4.78 is 7.13. The van der Waals surface area contributed by atoms with Crippen LogP contribution in [0, 0.1) is 0 Å². The molecular formula is C31H35N5O4. The van der Waals surface area contributed by atoms with Crippen molar-refractivity contribution in [2.45, 2.75) is 59.2 Å². The number of ketones is 1. The highest BCUT2D eigenvalue weighted by Gasteiger charge is 2.35. The average molecular weight is 542 g/mol. The van der Waals surface area contributed by atoms with Crippen LogP contribution in [0.4, 0.5) is 5.69 Å². The smallest absolute Gasteiger partial charge is 0.249 e. The summed E-state index contributed by atoms with van der Waals surface area (Å²) in [5, 5.41) is 11.5. The summed E-state index contributed by atoms with van der Waals surface area (Å²) in [6.45, 7) is 9.61. The van der Waals surface area contributed by atoms with Crippen LogP contribution in [-0.4, -0.2) is 44.7 Å². The summed E-state index contributed by atoms with van der Waals surface area (Å²) in [5.41, 5.74) is 2.46. The second kappa shape index (κ2) is 12.1. The van der Waals surface area contributed by atoms with E-state index in [1.807, 2.05) is 52.0 Å². The van der Waals surface area contributed by atoms with Crippen LogP contribution in [0.5, 0.6) is 5.75 Å². The van der Waals surface area contributed by atoms with Crippen LogP contribution in [0.3, 0.4) is 0 Å². The first-order valence-corrected chi connectivity index (χ1v) is 13.4. The van der Waals surface area contributed by atoms with E-state index in [2.05, 4.69) is 15.6 Å². The summed E-state index contributed by atoms with van der Waals surface area (Å²) in [6, 6.07) is 20.2. The number of Topliss-reactive ketones (excluding diaryl/α,β-unsaturated/α-hetero) is 1. The summed E-state index contributed by atoms with van der Waals surface area (Å²) in [7, 11) is 0. The highest BCUT2D eigenvalue weighted by molar-refractivity contribution is 6.02. The number of amides is 2. The van der Waals surface area contributed by atoms with Crippen molar-refractivity contribution in [3.05, 3.63) is 83.9 Å². The number of carbonyl (C=O) groups excluding carboxylic acids is 3. The number of carbonyl (C=O) groups is 3. The Hall–Kier alpha value is -4.53. The first-order chi connectivity index (χ1) is 19.1. The van der Waals surface area contributed by atoms with E-state index < -0.39 is 11.6 Å². The van der Waals surface area contributed by atoms with Crippen molar-refractivity contribution in [2.24, 2.45) is 0 Å². The molecule has 0 unspecified atom stereocenters. The first kappa shape index (κ1) is 28.5. The zero-order valence-corrected chi connectivity index (χ0v) is 23.5. The molecule has 4 rings (SSSR count). The molecule has 3 aromatic carbocycles. The van der Waals surface area contributed by atoms with Crippen LogP contribution in [0.15, 0.2) is 72.8 Å². The van der Waals surface area contributed by atoms with Gasteiger partial charge in [0.25, 0.3) is 0 Å². The zero-order valence-electron chi connectivity index (χ0n) is 23.5. The number of anilines is 1. The lowest BCUT2D eigenvalue weighted by Gasteiger charge is -2.34. The van der Waals surface area contributed by atoms with Gasteiger partial charge in [0, 0.05) is 16.8 Å². The molecule has 208 valence electrons. The zero-order chi connectivity index (χ0) is 28.9. The maximum atomic E-state index is 14.2. The molecule has 40 heavy (non-hydrogen) atoms. The third-order valence-electron chi connectivity index (χ3n) is 6.88. The molecule has 0 saturated heterocycles. The summed E-state index contributed by atoms with van der Waals surface area (Å²) >= 11 is 0. The fourth-order valence-electron chi connectivity index (χ4n) is 4.35. The van der Waals surface area contributed by atoms with E-state index in [1.54, 1.807) is 48.5 Å². The van der Waals surface area contributed by atoms with Gasteiger partial charge >= 0.3 is 0 Å². The van der Waals surface area contributed by atoms with Crippen LogP contribution >= 0.6 is 0 Å². The number of hydrogen-bond acceptors (Lipinski definition) is 6. The number of rotatable bonds is 11. The van der Waals surface area contributed by atoms with Gasteiger partial charge in [-0.15, -0.1) is 5.10 Å². The average Bonchev–Trinajstić information content (AvgIpc) is 3.34. The number of fused-ring (bicyclic) bond motifs is 1. The molecule has 0 radical (unpaired) electrons. The quantitative estimate of drug-likeness (QED) is 0.265. The lowest BCUT2D eigenvalue weighted by Crippen LogP contribution is -2.51. The molecule has 9 heteroatoms. The highest BCUT2D eigenvalue weighted by atomic mass is 16.5. The number of nitrogens with one attached hydrogen (secondary N) is 1. The molecule has 0 spiro atoms. The second-order valence-corrected chi connectivity index (χ2v) is 10.2. The van der Waals surface area contributed by atoms with Crippen molar-refractivity contribution in [3.63, 3.8) is 0 Å². The van der Waals surface area contributed by atoms with E-state index in [4.69, 9.17) is 4.74 Å². The van der Waals surface area contributed by atoms with Crippen LogP contribution in [0.25, 0.3) is 11.0 Å². The van der Waals surface area contributed by atoms with E-state index in [0.29, 0.717) is 46.6 Å². The van der Waals surface area contributed by atoms with Crippen molar-refractivity contribution in [2.75, 3.05) is 11.5 Å². The van der Waals surface area contributed by atoms with Gasteiger partial charge in [0.05, 0.1) is 12.1 Å². The molecule has 9 nitrogen and oxygen atoms in total. The first-order valence-electron chi connectivity index (χ1n) is 13.4. The molecule has 1 atom stereocenters. The van der Waals surface area contributed by atoms with Gasteiger partial charge in [-0.25, -0.2) is 4.68 Å². The molecule has 0 saturated carbocycles. The molecule has 1 aromatic heterocycles. The Labute approximate surface area is 234 Å². The van der Waals surface area contributed by atoms with E-state index in [1.165, 1.54) is 16.5 Å². The third-order valence-corrected chi connectivity index (χ3v) is 6.88. The maximum absolute atomic E-state index is 14.2. The highest BCUT2D eigenvalue weighted by Crippen LogP contribution is 2.31. The van der Waals surface area contributed by atoms with Gasteiger partial charge in [0.1, 0.15) is 23.9 Å². The van der Waals surface area contributed by atoms with Crippen LogP contribution in [0.1, 0.15) is 63.0 Å². The van der Waals surface area contributed by atoms with E-state index in [0.717, 1.165) is 0 Å². The molecule has 1 N–H and O–H groups in total. The maximum Gasteiger partial charge on any atom is 0.249 e. The Morgan fingerprint density at radius 3 is 2.27 bits per heavy atom. The Bertz CT molecular complexity index is 1490.